The first-order chi connectivity index (χ1) is 12.4. The number of sulfonamides is 1. The molecule has 10 heteroatoms. The average molecular weight is 391 g/mol. The van der Waals surface area contributed by atoms with Gasteiger partial charge >= 0.3 is 0 Å². The number of nitrogens with zero attached hydrogens (tertiary/aromatic N) is 4. The number of primary sulfonamides is 1. The first-order valence-electron chi connectivity index (χ1n) is 7.62. The van der Waals surface area contributed by atoms with E-state index >= 15 is 0 Å². The minimum Gasteiger partial charge on any atom is -0.344 e. The molecule has 0 saturated heterocycles. The largest absolute Gasteiger partial charge is 0.344 e. The Morgan fingerprint density at radius 2 is 1.81 bits per heavy atom. The molecule has 4 rings (SSSR count). The van der Waals surface area contributed by atoms with Crippen molar-refractivity contribution in [1.82, 2.24) is 14.8 Å². The summed E-state index contributed by atoms with van der Waals surface area (Å²) in [5.41, 5.74) is 1.21. The van der Waals surface area contributed by atoms with Crippen molar-refractivity contribution in [3.63, 3.8) is 0 Å². The lowest BCUT2D eigenvalue weighted by molar-refractivity contribution is 0.596. The van der Waals surface area contributed by atoms with Crippen LogP contribution in [0.1, 0.15) is 0 Å². The Balaban J connectivity index is 1.66. The van der Waals surface area contributed by atoms with Crippen LogP contribution < -0.4 is 10.0 Å². The molecule has 1 aliphatic heterocycles. The van der Waals surface area contributed by atoms with E-state index in [2.05, 4.69) is 10.2 Å². The van der Waals surface area contributed by atoms with Gasteiger partial charge in [-0.2, -0.15) is 0 Å². The molecule has 2 aromatic carbocycles. The minimum atomic E-state index is -3.73. The third-order valence-electron chi connectivity index (χ3n) is 4.02. The molecule has 0 aliphatic carbocycles. The molecule has 0 atom stereocenters. The summed E-state index contributed by atoms with van der Waals surface area (Å²) in [5.74, 6) is 0.711. The summed E-state index contributed by atoms with van der Waals surface area (Å²) < 4.78 is 38.7. The van der Waals surface area contributed by atoms with Gasteiger partial charge in [-0.05, 0) is 36.4 Å². The Bertz CT molecular complexity index is 1070. The molecular formula is C16H14FN5O2S2. The van der Waals surface area contributed by atoms with E-state index in [0.29, 0.717) is 29.1 Å². The lowest BCUT2D eigenvalue weighted by Gasteiger charge is -2.29. The molecule has 0 fully saturated rings. The Kier molecular flexibility index (Phi) is 4.17. The second-order valence-corrected chi connectivity index (χ2v) is 8.18. The van der Waals surface area contributed by atoms with Gasteiger partial charge in [0.2, 0.25) is 10.0 Å². The van der Waals surface area contributed by atoms with E-state index in [9.17, 15) is 12.8 Å². The van der Waals surface area contributed by atoms with Gasteiger partial charge in [-0.1, -0.05) is 23.9 Å². The smallest absolute Gasteiger partial charge is 0.238 e. The number of thioether (sulfide) groups is 1. The van der Waals surface area contributed by atoms with Crippen LogP contribution in [0, 0.1) is 5.82 Å². The second-order valence-electron chi connectivity index (χ2n) is 5.71. The molecule has 0 saturated carbocycles. The van der Waals surface area contributed by atoms with Crippen LogP contribution in [0.25, 0.3) is 11.4 Å². The van der Waals surface area contributed by atoms with E-state index in [4.69, 9.17) is 5.14 Å². The number of benzene rings is 2. The fourth-order valence-electron chi connectivity index (χ4n) is 2.71. The molecule has 0 bridgehead atoms. The van der Waals surface area contributed by atoms with Crippen LogP contribution in [-0.2, 0) is 16.7 Å². The summed E-state index contributed by atoms with van der Waals surface area (Å²) in [6.07, 6.45) is 0. The van der Waals surface area contributed by atoms with Gasteiger partial charge in [-0.15, -0.1) is 10.2 Å². The lowest BCUT2D eigenvalue weighted by Crippen LogP contribution is -2.30. The zero-order valence-electron chi connectivity index (χ0n) is 13.4. The molecule has 1 aliphatic rings. The van der Waals surface area contributed by atoms with Crippen molar-refractivity contribution in [3.05, 3.63) is 54.3 Å². The van der Waals surface area contributed by atoms with Crippen molar-refractivity contribution < 1.29 is 12.8 Å². The maximum atomic E-state index is 14.1. The predicted octanol–water partition coefficient (Wildman–Crippen LogP) is 2.26. The van der Waals surface area contributed by atoms with Gasteiger partial charge in [0.25, 0.3) is 0 Å². The fourth-order valence-corrected chi connectivity index (χ4v) is 4.13. The molecule has 0 unspecified atom stereocenters. The van der Waals surface area contributed by atoms with Crippen LogP contribution >= 0.6 is 11.8 Å². The first-order valence-corrected chi connectivity index (χ1v) is 10.2. The van der Waals surface area contributed by atoms with Crippen LogP contribution in [0.4, 0.5) is 10.1 Å². The maximum Gasteiger partial charge on any atom is 0.238 e. The van der Waals surface area contributed by atoms with Crippen LogP contribution in [-0.4, -0.2) is 29.1 Å². The van der Waals surface area contributed by atoms with Crippen molar-refractivity contribution in [2.24, 2.45) is 5.14 Å². The summed E-state index contributed by atoms with van der Waals surface area (Å²) in [6, 6.07) is 12.7. The predicted molar refractivity (Wildman–Crippen MR) is 96.4 cm³/mol. The van der Waals surface area contributed by atoms with Gasteiger partial charge in [0.1, 0.15) is 5.82 Å². The number of hydrogen-bond donors (Lipinski definition) is 1. The number of aromatic nitrogens is 3. The molecule has 1 aromatic heterocycles. The van der Waals surface area contributed by atoms with Crippen molar-refractivity contribution >= 4 is 27.5 Å². The number of fused-ring (bicyclic) bond motifs is 1. The van der Waals surface area contributed by atoms with Crippen molar-refractivity contribution in [2.45, 2.75) is 16.7 Å². The molecule has 3 aromatic rings. The number of nitrogens with two attached hydrogens (primary N) is 1. The van der Waals surface area contributed by atoms with Gasteiger partial charge in [-0.25, -0.2) is 17.9 Å². The lowest BCUT2D eigenvalue weighted by atomic mass is 10.2. The monoisotopic (exact) mass is 391 g/mol. The third kappa shape index (κ3) is 3.06. The summed E-state index contributed by atoms with van der Waals surface area (Å²) in [4.78, 5) is 2.07. The highest BCUT2D eigenvalue weighted by Crippen LogP contribution is 2.32. The van der Waals surface area contributed by atoms with Gasteiger partial charge in [-0.3, -0.25) is 4.57 Å². The van der Waals surface area contributed by atoms with E-state index in [1.165, 1.54) is 30.0 Å². The standard InChI is InChI=1S/C16H14FN5O2S2/c17-14-4-2-1-3-13(14)15-19-20-16-22(15)9-21(10-25-16)11-5-7-12(8-6-11)26(18,23)24/h1-8H,9-10H2,(H2,18,23,24). The van der Waals surface area contributed by atoms with Crippen molar-refractivity contribution in [1.29, 1.82) is 0 Å². The Morgan fingerprint density at radius 3 is 2.50 bits per heavy atom. The van der Waals surface area contributed by atoms with E-state index in [-0.39, 0.29) is 10.7 Å². The van der Waals surface area contributed by atoms with Crippen LogP contribution in [0.15, 0.2) is 58.6 Å². The molecule has 7 nitrogen and oxygen atoms in total. The summed E-state index contributed by atoms with van der Waals surface area (Å²) in [5, 5.41) is 14.1. The maximum absolute atomic E-state index is 14.1. The van der Waals surface area contributed by atoms with E-state index in [1.807, 2.05) is 9.47 Å². The molecule has 2 heterocycles. The highest BCUT2D eigenvalue weighted by atomic mass is 32.2. The van der Waals surface area contributed by atoms with Crippen LogP contribution in [0.2, 0.25) is 0 Å². The first kappa shape index (κ1) is 17.0. The number of anilines is 1. The molecule has 0 amide bonds. The van der Waals surface area contributed by atoms with Crippen molar-refractivity contribution in [2.75, 3.05) is 10.8 Å². The zero-order valence-corrected chi connectivity index (χ0v) is 15.0. The summed E-state index contributed by atoms with van der Waals surface area (Å²) in [7, 11) is -3.73. The summed E-state index contributed by atoms with van der Waals surface area (Å²) >= 11 is 1.47. The van der Waals surface area contributed by atoms with E-state index in [1.54, 1.807) is 30.3 Å². The topological polar surface area (TPSA) is 94.1 Å². The van der Waals surface area contributed by atoms with Crippen LogP contribution in [0.5, 0.6) is 0 Å². The van der Waals surface area contributed by atoms with E-state index in [0.717, 1.165) is 5.69 Å². The van der Waals surface area contributed by atoms with Gasteiger partial charge in [0, 0.05) is 5.69 Å². The SMILES string of the molecule is NS(=O)(=O)c1ccc(N2CSc3nnc(-c4ccccc4F)n3C2)cc1. The Morgan fingerprint density at radius 1 is 1.08 bits per heavy atom. The number of hydrogen-bond acceptors (Lipinski definition) is 6. The highest BCUT2D eigenvalue weighted by molar-refractivity contribution is 7.99. The molecule has 134 valence electrons. The zero-order chi connectivity index (χ0) is 18.3. The number of halogens is 1. The van der Waals surface area contributed by atoms with Crippen molar-refractivity contribution in [3.8, 4) is 11.4 Å². The minimum absolute atomic E-state index is 0.0583. The van der Waals surface area contributed by atoms with Gasteiger partial charge < -0.3 is 4.90 Å². The van der Waals surface area contributed by atoms with Gasteiger partial charge in [0.15, 0.2) is 11.0 Å². The number of rotatable bonds is 3. The van der Waals surface area contributed by atoms with Crippen LogP contribution in [0.3, 0.4) is 0 Å². The molecule has 0 radical (unpaired) electrons. The third-order valence-corrected chi connectivity index (χ3v) is 5.95. The molecule has 2 N–H and O–H groups in total. The quantitative estimate of drug-likeness (QED) is 0.736. The van der Waals surface area contributed by atoms with E-state index < -0.39 is 10.0 Å². The molecule has 0 spiro atoms. The Labute approximate surface area is 153 Å². The average Bonchev–Trinajstić information content (AvgIpc) is 3.04. The summed E-state index contributed by atoms with van der Waals surface area (Å²) in [6.45, 7) is 0.424. The molecular weight excluding hydrogens is 377 g/mol. The highest BCUT2D eigenvalue weighted by Gasteiger charge is 2.24. The Hall–Kier alpha value is -2.43. The molecule has 26 heavy (non-hydrogen) atoms. The normalized spacial score (nSPS) is 14.3. The van der Waals surface area contributed by atoms with Gasteiger partial charge in [0.05, 0.1) is 23.0 Å². The fraction of sp³-hybridized carbons (Fsp3) is 0.125. The second kappa shape index (κ2) is 6.38.